The highest BCUT2D eigenvalue weighted by molar-refractivity contribution is 5.85. The third kappa shape index (κ3) is 5.22. The zero-order chi connectivity index (χ0) is 22.8. The number of anilines is 1. The Balaban J connectivity index is 0.00000274. The molecule has 4 heterocycles. The largest absolute Gasteiger partial charge is 0.493 e. The summed E-state index contributed by atoms with van der Waals surface area (Å²) in [5.41, 5.74) is 0.829. The molecule has 0 aliphatic carbocycles. The normalized spacial score (nSPS) is 19.7. The number of halogens is 4. The van der Waals surface area contributed by atoms with Gasteiger partial charge < -0.3 is 15.0 Å². The molecule has 7 nitrogen and oxygen atoms in total. The number of nitrogens with zero attached hydrogens (tertiary/aromatic N) is 5. The van der Waals surface area contributed by atoms with Crippen molar-refractivity contribution < 1.29 is 17.9 Å². The van der Waals surface area contributed by atoms with E-state index < -0.39 is 11.7 Å². The van der Waals surface area contributed by atoms with Crippen molar-refractivity contribution in [2.24, 2.45) is 5.92 Å². The molecule has 5 rings (SSSR count). The summed E-state index contributed by atoms with van der Waals surface area (Å²) in [6.45, 7) is 3.65. The molecule has 11 heteroatoms. The summed E-state index contributed by atoms with van der Waals surface area (Å²) >= 11 is 0. The van der Waals surface area contributed by atoms with Gasteiger partial charge in [-0.05, 0) is 50.9 Å². The van der Waals surface area contributed by atoms with Crippen molar-refractivity contribution in [1.82, 2.24) is 25.1 Å². The first kappa shape index (κ1) is 24.5. The molecule has 2 aliphatic rings. The van der Waals surface area contributed by atoms with Crippen molar-refractivity contribution in [2.75, 3.05) is 37.7 Å². The van der Waals surface area contributed by atoms with Gasteiger partial charge in [0.25, 0.3) is 0 Å². The third-order valence-corrected chi connectivity index (χ3v) is 6.45. The molecule has 2 saturated heterocycles. The van der Waals surface area contributed by atoms with Crippen LogP contribution in [-0.4, -0.2) is 52.5 Å². The lowest BCUT2D eigenvalue weighted by molar-refractivity contribution is -0.139. The van der Waals surface area contributed by atoms with Crippen LogP contribution in [0.5, 0.6) is 5.75 Å². The molecule has 0 radical (unpaired) electrons. The first-order valence-corrected chi connectivity index (χ1v) is 11.4. The smallest absolute Gasteiger partial charge is 0.419 e. The number of piperidine rings is 2. The van der Waals surface area contributed by atoms with Gasteiger partial charge in [0.2, 0.25) is 0 Å². The molecule has 184 valence electrons. The predicted octanol–water partition coefficient (Wildman–Crippen LogP) is 4.49. The highest BCUT2D eigenvalue weighted by atomic mass is 35.5. The van der Waals surface area contributed by atoms with E-state index in [1.165, 1.54) is 12.1 Å². The maximum Gasteiger partial charge on any atom is 0.419 e. The number of benzene rings is 1. The van der Waals surface area contributed by atoms with E-state index in [0.717, 1.165) is 68.4 Å². The van der Waals surface area contributed by atoms with Gasteiger partial charge in [0.05, 0.1) is 30.6 Å². The number of nitrogens with one attached hydrogen (secondary N) is 1. The number of ether oxygens (including phenoxy) is 1. The number of hydrogen-bond donors (Lipinski definition) is 1. The van der Waals surface area contributed by atoms with E-state index >= 15 is 0 Å². The van der Waals surface area contributed by atoms with E-state index in [2.05, 4.69) is 20.3 Å². The second-order valence-corrected chi connectivity index (χ2v) is 8.77. The SMILES string of the molecule is Cl.FC(F)(F)c1ccccc1OCC1CCCN(c2cnc3cnn(C4CCNCC4)c3n2)C1. The van der Waals surface area contributed by atoms with Crippen LogP contribution in [0.25, 0.3) is 11.2 Å². The van der Waals surface area contributed by atoms with Crippen molar-refractivity contribution in [3.63, 3.8) is 0 Å². The van der Waals surface area contributed by atoms with Crippen molar-refractivity contribution in [3.8, 4) is 5.75 Å². The summed E-state index contributed by atoms with van der Waals surface area (Å²) in [5, 5.41) is 7.91. The lowest BCUT2D eigenvalue weighted by atomic mass is 9.99. The van der Waals surface area contributed by atoms with Gasteiger partial charge >= 0.3 is 6.18 Å². The Morgan fingerprint density at radius 2 is 1.88 bits per heavy atom. The molecule has 2 fully saturated rings. The van der Waals surface area contributed by atoms with Gasteiger partial charge in [-0.15, -0.1) is 12.4 Å². The van der Waals surface area contributed by atoms with Crippen LogP contribution in [0.2, 0.25) is 0 Å². The van der Waals surface area contributed by atoms with E-state index in [-0.39, 0.29) is 30.7 Å². The van der Waals surface area contributed by atoms with Gasteiger partial charge in [-0.3, -0.25) is 0 Å². The molecule has 0 spiro atoms. The molecule has 3 aromatic rings. The minimum Gasteiger partial charge on any atom is -0.493 e. The molecule has 2 aromatic heterocycles. The summed E-state index contributed by atoms with van der Waals surface area (Å²) in [6, 6.07) is 5.68. The number of hydrogen-bond acceptors (Lipinski definition) is 6. The van der Waals surface area contributed by atoms with Gasteiger partial charge in [-0.1, -0.05) is 12.1 Å². The van der Waals surface area contributed by atoms with E-state index in [4.69, 9.17) is 9.72 Å². The van der Waals surface area contributed by atoms with Crippen LogP contribution in [0.4, 0.5) is 19.0 Å². The number of para-hydroxylation sites is 1. The molecule has 0 saturated carbocycles. The Morgan fingerprint density at radius 3 is 2.68 bits per heavy atom. The van der Waals surface area contributed by atoms with Gasteiger partial charge in [0.1, 0.15) is 17.1 Å². The number of fused-ring (bicyclic) bond motifs is 1. The Kier molecular flexibility index (Phi) is 7.47. The summed E-state index contributed by atoms with van der Waals surface area (Å²) in [4.78, 5) is 11.6. The lowest BCUT2D eigenvalue weighted by Gasteiger charge is -2.33. The monoisotopic (exact) mass is 496 g/mol. The Labute approximate surface area is 202 Å². The van der Waals surface area contributed by atoms with Gasteiger partial charge in [-0.2, -0.15) is 18.3 Å². The molecular formula is C23H28ClF3N6O. The maximum atomic E-state index is 13.3. The van der Waals surface area contributed by atoms with Crippen LogP contribution in [0.15, 0.2) is 36.7 Å². The second-order valence-electron chi connectivity index (χ2n) is 8.77. The predicted molar refractivity (Wildman–Crippen MR) is 126 cm³/mol. The fraction of sp³-hybridized carbons (Fsp3) is 0.522. The van der Waals surface area contributed by atoms with Crippen molar-refractivity contribution in [2.45, 2.75) is 37.9 Å². The number of rotatable bonds is 5. The number of alkyl halides is 3. The lowest BCUT2D eigenvalue weighted by Crippen LogP contribution is -2.38. The fourth-order valence-corrected chi connectivity index (χ4v) is 4.73. The highest BCUT2D eigenvalue weighted by Crippen LogP contribution is 2.36. The maximum absolute atomic E-state index is 13.3. The second kappa shape index (κ2) is 10.4. The highest BCUT2D eigenvalue weighted by Gasteiger charge is 2.34. The quantitative estimate of drug-likeness (QED) is 0.561. The van der Waals surface area contributed by atoms with Crippen LogP contribution >= 0.6 is 12.4 Å². The Morgan fingerprint density at radius 1 is 1.09 bits per heavy atom. The summed E-state index contributed by atoms with van der Waals surface area (Å²) < 4.78 is 47.4. The standard InChI is InChI=1S/C23H27F3N6O.ClH/c24-23(25,26)18-5-1-2-6-20(18)33-15-16-4-3-11-31(14-16)21-13-28-19-12-29-32(22(19)30-21)17-7-9-27-10-8-17;/h1-2,5-6,12-13,16-17,27H,3-4,7-11,14-15H2;1H. The van der Waals surface area contributed by atoms with E-state index in [1.807, 2.05) is 4.68 Å². The Bertz CT molecular complexity index is 1100. The topological polar surface area (TPSA) is 68.1 Å². The van der Waals surface area contributed by atoms with E-state index in [1.54, 1.807) is 18.5 Å². The van der Waals surface area contributed by atoms with Crippen LogP contribution in [0, 0.1) is 5.92 Å². The average molecular weight is 497 g/mol. The van der Waals surface area contributed by atoms with Crippen molar-refractivity contribution in [3.05, 3.63) is 42.2 Å². The van der Waals surface area contributed by atoms with Gasteiger partial charge in [-0.25, -0.2) is 14.6 Å². The molecule has 1 N–H and O–H groups in total. The molecule has 0 amide bonds. The zero-order valence-electron chi connectivity index (χ0n) is 18.7. The van der Waals surface area contributed by atoms with Crippen LogP contribution in [0.3, 0.4) is 0 Å². The van der Waals surface area contributed by atoms with Gasteiger partial charge in [0, 0.05) is 19.0 Å². The fourth-order valence-electron chi connectivity index (χ4n) is 4.73. The molecule has 1 atom stereocenters. The molecule has 1 unspecified atom stereocenters. The Hall–Kier alpha value is -2.59. The van der Waals surface area contributed by atoms with E-state index in [0.29, 0.717) is 12.6 Å². The van der Waals surface area contributed by atoms with Crippen LogP contribution < -0.4 is 15.0 Å². The van der Waals surface area contributed by atoms with Crippen molar-refractivity contribution in [1.29, 1.82) is 0 Å². The van der Waals surface area contributed by atoms with Gasteiger partial charge in [0.15, 0.2) is 5.65 Å². The third-order valence-electron chi connectivity index (χ3n) is 6.45. The first-order valence-electron chi connectivity index (χ1n) is 11.4. The minimum atomic E-state index is -4.43. The summed E-state index contributed by atoms with van der Waals surface area (Å²) in [5.74, 6) is 0.764. The molecule has 34 heavy (non-hydrogen) atoms. The zero-order valence-corrected chi connectivity index (χ0v) is 19.5. The van der Waals surface area contributed by atoms with Crippen LogP contribution in [-0.2, 0) is 6.18 Å². The average Bonchev–Trinajstić information content (AvgIpc) is 3.26. The molecule has 1 aromatic carbocycles. The summed E-state index contributed by atoms with van der Waals surface area (Å²) in [6.07, 6.45) is 2.92. The molecule has 0 bridgehead atoms. The number of aromatic nitrogens is 4. The first-order chi connectivity index (χ1) is 16.0. The molecular weight excluding hydrogens is 469 g/mol. The van der Waals surface area contributed by atoms with E-state index in [9.17, 15) is 13.2 Å². The summed E-state index contributed by atoms with van der Waals surface area (Å²) in [7, 11) is 0. The van der Waals surface area contributed by atoms with Crippen molar-refractivity contribution >= 4 is 29.4 Å². The minimum absolute atomic E-state index is 0. The van der Waals surface area contributed by atoms with Crippen LogP contribution in [0.1, 0.15) is 37.3 Å². The molecule has 2 aliphatic heterocycles.